The average molecular weight is 250 g/mol. The van der Waals surface area contributed by atoms with Crippen molar-refractivity contribution in [2.45, 2.75) is 57.4 Å². The number of hydrogen-bond donors (Lipinski definition) is 1. The van der Waals surface area contributed by atoms with Crippen LogP contribution in [-0.2, 0) is 9.53 Å². The Morgan fingerprint density at radius 1 is 1.17 bits per heavy atom. The number of nitrogens with one attached hydrogen (secondary N) is 1. The number of amides is 1. The number of nitrogens with zero attached hydrogens (tertiary/aromatic N) is 1. The van der Waals surface area contributed by atoms with Crippen LogP contribution in [0.2, 0.25) is 0 Å². The molecule has 0 unspecified atom stereocenters. The lowest BCUT2D eigenvalue weighted by Crippen LogP contribution is -2.46. The molecule has 1 amide bonds. The van der Waals surface area contributed by atoms with Gasteiger partial charge in [-0.25, -0.2) is 0 Å². The minimum atomic E-state index is -0.769. The number of carbonyl (C=O) groups is 1. The molecule has 4 nitrogen and oxygen atoms in total. The van der Waals surface area contributed by atoms with E-state index in [4.69, 9.17) is 4.74 Å². The van der Waals surface area contributed by atoms with E-state index < -0.39 is 5.41 Å². The molecule has 0 aromatic rings. The van der Waals surface area contributed by atoms with Crippen molar-refractivity contribution in [1.29, 1.82) is 5.26 Å². The second-order valence-corrected chi connectivity index (χ2v) is 5.47. The van der Waals surface area contributed by atoms with Gasteiger partial charge < -0.3 is 10.1 Å². The molecular weight excluding hydrogens is 228 g/mol. The Balaban J connectivity index is 1.97. The predicted molar refractivity (Wildman–Crippen MR) is 67.7 cm³/mol. The number of nitriles is 1. The zero-order valence-electron chi connectivity index (χ0n) is 10.9. The van der Waals surface area contributed by atoms with Gasteiger partial charge in [0.05, 0.1) is 6.07 Å². The SMILES string of the molecule is N#CC1(C(=O)NC2CCOCC2)CCCCCC1. The molecule has 1 saturated heterocycles. The molecule has 0 aromatic carbocycles. The van der Waals surface area contributed by atoms with Gasteiger partial charge in [0.25, 0.3) is 0 Å². The third-order valence-electron chi connectivity index (χ3n) is 4.16. The lowest BCUT2D eigenvalue weighted by Gasteiger charge is -2.29. The van der Waals surface area contributed by atoms with E-state index in [-0.39, 0.29) is 11.9 Å². The lowest BCUT2D eigenvalue weighted by atomic mass is 9.80. The van der Waals surface area contributed by atoms with E-state index in [9.17, 15) is 10.1 Å². The summed E-state index contributed by atoms with van der Waals surface area (Å²) in [5, 5.41) is 12.5. The summed E-state index contributed by atoms with van der Waals surface area (Å²) in [5.74, 6) is -0.0428. The van der Waals surface area contributed by atoms with Crippen molar-refractivity contribution in [3.05, 3.63) is 0 Å². The monoisotopic (exact) mass is 250 g/mol. The van der Waals surface area contributed by atoms with Crippen molar-refractivity contribution < 1.29 is 9.53 Å². The maximum Gasteiger partial charge on any atom is 0.240 e. The summed E-state index contributed by atoms with van der Waals surface area (Å²) in [6.07, 6.45) is 7.46. The van der Waals surface area contributed by atoms with Crippen LogP contribution in [0.4, 0.5) is 0 Å². The smallest absolute Gasteiger partial charge is 0.240 e. The number of rotatable bonds is 2. The molecule has 100 valence electrons. The summed E-state index contributed by atoms with van der Waals surface area (Å²) < 4.78 is 5.28. The second kappa shape index (κ2) is 6.19. The van der Waals surface area contributed by atoms with Crippen molar-refractivity contribution in [3.63, 3.8) is 0 Å². The van der Waals surface area contributed by atoms with Crippen molar-refractivity contribution in [2.24, 2.45) is 5.41 Å². The lowest BCUT2D eigenvalue weighted by molar-refractivity contribution is -0.130. The van der Waals surface area contributed by atoms with Crippen molar-refractivity contribution in [1.82, 2.24) is 5.32 Å². The molecule has 4 heteroatoms. The Bertz CT molecular complexity index is 321. The fourth-order valence-corrected chi connectivity index (χ4v) is 2.89. The minimum Gasteiger partial charge on any atom is -0.381 e. The summed E-state index contributed by atoms with van der Waals surface area (Å²) in [4.78, 5) is 12.4. The van der Waals surface area contributed by atoms with E-state index in [1.54, 1.807) is 0 Å². The largest absolute Gasteiger partial charge is 0.381 e. The molecule has 2 rings (SSSR count). The van der Waals surface area contributed by atoms with Gasteiger partial charge in [-0.3, -0.25) is 4.79 Å². The number of hydrogen-bond acceptors (Lipinski definition) is 3. The quantitative estimate of drug-likeness (QED) is 0.764. The number of ether oxygens (including phenoxy) is 1. The molecule has 0 radical (unpaired) electrons. The molecule has 1 aliphatic carbocycles. The van der Waals surface area contributed by atoms with Crippen LogP contribution < -0.4 is 5.32 Å². The zero-order chi connectivity index (χ0) is 12.8. The molecule has 0 spiro atoms. The minimum absolute atomic E-state index is 0.0428. The van der Waals surface area contributed by atoms with E-state index in [0.717, 1.165) is 51.4 Å². The Morgan fingerprint density at radius 2 is 1.78 bits per heavy atom. The van der Waals surface area contributed by atoms with Crippen LogP contribution in [0.3, 0.4) is 0 Å². The summed E-state index contributed by atoms with van der Waals surface area (Å²) in [6, 6.07) is 2.50. The van der Waals surface area contributed by atoms with Crippen LogP contribution in [0.15, 0.2) is 0 Å². The normalized spacial score (nSPS) is 24.8. The Kier molecular flexibility index (Phi) is 4.60. The Hall–Kier alpha value is -1.08. The van der Waals surface area contributed by atoms with Crippen LogP contribution in [0, 0.1) is 16.7 Å². The molecule has 0 aromatic heterocycles. The van der Waals surface area contributed by atoms with Crippen LogP contribution in [0.25, 0.3) is 0 Å². The molecule has 1 heterocycles. The van der Waals surface area contributed by atoms with Crippen LogP contribution in [0.5, 0.6) is 0 Å². The summed E-state index contributed by atoms with van der Waals surface area (Å²) >= 11 is 0. The highest BCUT2D eigenvalue weighted by Crippen LogP contribution is 2.35. The molecule has 0 bridgehead atoms. The highest BCUT2D eigenvalue weighted by Gasteiger charge is 2.39. The van der Waals surface area contributed by atoms with Crippen LogP contribution >= 0.6 is 0 Å². The van der Waals surface area contributed by atoms with Gasteiger partial charge >= 0.3 is 0 Å². The Morgan fingerprint density at radius 3 is 2.33 bits per heavy atom. The van der Waals surface area contributed by atoms with E-state index in [1.807, 2.05) is 0 Å². The number of carbonyl (C=O) groups excluding carboxylic acids is 1. The molecule has 2 aliphatic rings. The van der Waals surface area contributed by atoms with Crippen LogP contribution in [0.1, 0.15) is 51.4 Å². The first-order valence-corrected chi connectivity index (χ1v) is 7.07. The molecule has 18 heavy (non-hydrogen) atoms. The van der Waals surface area contributed by atoms with Gasteiger partial charge in [0.15, 0.2) is 0 Å². The van der Waals surface area contributed by atoms with E-state index in [0.29, 0.717) is 13.2 Å². The molecule has 1 aliphatic heterocycles. The molecular formula is C14H22N2O2. The van der Waals surface area contributed by atoms with Gasteiger partial charge in [-0.2, -0.15) is 5.26 Å². The molecule has 1 N–H and O–H groups in total. The van der Waals surface area contributed by atoms with Crippen LogP contribution in [-0.4, -0.2) is 25.2 Å². The fraction of sp³-hybridized carbons (Fsp3) is 0.857. The first kappa shape index (κ1) is 13.4. The summed E-state index contributed by atoms with van der Waals surface area (Å²) in [5.41, 5.74) is -0.769. The fourth-order valence-electron chi connectivity index (χ4n) is 2.89. The average Bonchev–Trinajstić information content (AvgIpc) is 2.66. The third kappa shape index (κ3) is 3.02. The van der Waals surface area contributed by atoms with Gasteiger partial charge in [0.1, 0.15) is 5.41 Å². The van der Waals surface area contributed by atoms with Gasteiger partial charge in [-0.1, -0.05) is 25.7 Å². The summed E-state index contributed by atoms with van der Waals surface area (Å²) in [7, 11) is 0. The maximum atomic E-state index is 12.4. The molecule has 2 fully saturated rings. The summed E-state index contributed by atoms with van der Waals surface area (Å²) in [6.45, 7) is 1.43. The highest BCUT2D eigenvalue weighted by atomic mass is 16.5. The van der Waals surface area contributed by atoms with Gasteiger partial charge in [0.2, 0.25) is 5.91 Å². The van der Waals surface area contributed by atoms with E-state index >= 15 is 0 Å². The van der Waals surface area contributed by atoms with Crippen molar-refractivity contribution in [2.75, 3.05) is 13.2 Å². The first-order valence-electron chi connectivity index (χ1n) is 7.07. The molecule has 1 saturated carbocycles. The van der Waals surface area contributed by atoms with E-state index in [2.05, 4.69) is 11.4 Å². The van der Waals surface area contributed by atoms with Gasteiger partial charge in [-0.05, 0) is 25.7 Å². The highest BCUT2D eigenvalue weighted by molar-refractivity contribution is 5.85. The first-order chi connectivity index (χ1) is 8.77. The van der Waals surface area contributed by atoms with Crippen molar-refractivity contribution in [3.8, 4) is 6.07 Å². The van der Waals surface area contributed by atoms with Gasteiger partial charge in [-0.15, -0.1) is 0 Å². The van der Waals surface area contributed by atoms with Crippen molar-refractivity contribution >= 4 is 5.91 Å². The zero-order valence-corrected chi connectivity index (χ0v) is 10.9. The second-order valence-electron chi connectivity index (χ2n) is 5.47. The topological polar surface area (TPSA) is 62.1 Å². The maximum absolute atomic E-state index is 12.4. The third-order valence-corrected chi connectivity index (χ3v) is 4.16. The predicted octanol–water partition coefficient (Wildman–Crippen LogP) is 2.15. The Labute approximate surface area is 109 Å². The standard InChI is InChI=1S/C14H22N2O2/c15-11-14(7-3-1-2-4-8-14)13(17)16-12-5-9-18-10-6-12/h12H,1-10H2,(H,16,17). The van der Waals surface area contributed by atoms with E-state index in [1.165, 1.54) is 0 Å². The molecule has 0 atom stereocenters. The van der Waals surface area contributed by atoms with Gasteiger partial charge in [0, 0.05) is 19.3 Å².